The molecule has 2 nitrogen and oxygen atoms in total. The molecule has 0 heterocycles. The van der Waals surface area contributed by atoms with Gasteiger partial charge in [0.15, 0.2) is 6.61 Å². The van der Waals surface area contributed by atoms with Crippen molar-refractivity contribution in [3.8, 4) is 9.85 Å². The van der Waals surface area contributed by atoms with Gasteiger partial charge in [-0.25, -0.2) is 0 Å². The number of carbonyl (C=O) groups excluding carboxylic acids is 1. The second-order valence-corrected chi connectivity index (χ2v) is 1.59. The van der Waals surface area contributed by atoms with E-state index >= 15 is 0 Å². The average molecular weight is 224 g/mol. The summed E-state index contributed by atoms with van der Waals surface area (Å²) in [6, 6.07) is 0. The predicted octanol–water partition coefficient (Wildman–Crippen LogP) is 0.945. The molecule has 0 N–H and O–H groups in total. The van der Waals surface area contributed by atoms with Crippen LogP contribution in [-0.4, -0.2) is 12.6 Å². The number of ether oxygens (including phenoxy) is 1. The Kier molecular flexibility index (Phi) is 4.76. The maximum atomic E-state index is 10.0. The Hall–Kier alpha value is -0.240. The Labute approximate surface area is 61.7 Å². The lowest BCUT2D eigenvalue weighted by atomic mass is 10.7. The average Bonchev–Trinajstić information content (AvgIpc) is 1.66. The highest BCUT2D eigenvalue weighted by molar-refractivity contribution is 14.1. The standard InChI is InChI=1S/C5H5IO2/c1-5(7)8-4-2-3-6/h4H2,1H3. The van der Waals surface area contributed by atoms with Crippen molar-refractivity contribution in [1.82, 2.24) is 0 Å². The van der Waals surface area contributed by atoms with Gasteiger partial charge in [0.05, 0.1) is 0 Å². The van der Waals surface area contributed by atoms with Crippen molar-refractivity contribution in [3.63, 3.8) is 0 Å². The van der Waals surface area contributed by atoms with Crippen molar-refractivity contribution < 1.29 is 9.53 Å². The molecule has 0 aromatic rings. The van der Waals surface area contributed by atoms with Gasteiger partial charge in [-0.2, -0.15) is 0 Å². The van der Waals surface area contributed by atoms with Crippen LogP contribution in [0.25, 0.3) is 0 Å². The molecule has 0 fully saturated rings. The maximum Gasteiger partial charge on any atom is 0.303 e. The van der Waals surface area contributed by atoms with Crippen LogP contribution >= 0.6 is 22.6 Å². The van der Waals surface area contributed by atoms with E-state index in [-0.39, 0.29) is 12.6 Å². The van der Waals surface area contributed by atoms with E-state index < -0.39 is 0 Å². The molecule has 0 saturated heterocycles. The van der Waals surface area contributed by atoms with Gasteiger partial charge in [-0.15, -0.1) is 0 Å². The zero-order valence-corrected chi connectivity index (χ0v) is 6.56. The topological polar surface area (TPSA) is 26.3 Å². The number of hydrogen-bond acceptors (Lipinski definition) is 2. The lowest BCUT2D eigenvalue weighted by molar-refractivity contribution is -0.139. The van der Waals surface area contributed by atoms with E-state index in [1.165, 1.54) is 6.92 Å². The number of carbonyl (C=O) groups is 1. The molecule has 3 heteroatoms. The number of halogens is 1. The third-order valence-corrected chi connectivity index (χ3v) is 0.796. The fourth-order valence-corrected chi connectivity index (χ4v) is 0.321. The molecule has 8 heavy (non-hydrogen) atoms. The van der Waals surface area contributed by atoms with Crippen molar-refractivity contribution in [2.45, 2.75) is 6.92 Å². The summed E-state index contributed by atoms with van der Waals surface area (Å²) in [5, 5.41) is 0. The van der Waals surface area contributed by atoms with Gasteiger partial charge in [-0.05, 0) is 3.93 Å². The zero-order chi connectivity index (χ0) is 6.41. The SMILES string of the molecule is CC(=O)OCC#CI. The van der Waals surface area contributed by atoms with Crippen LogP contribution in [0, 0.1) is 9.85 Å². The van der Waals surface area contributed by atoms with E-state index in [2.05, 4.69) is 14.6 Å². The van der Waals surface area contributed by atoms with Crippen molar-refractivity contribution in [3.05, 3.63) is 0 Å². The number of hydrogen-bond donors (Lipinski definition) is 0. The predicted molar refractivity (Wildman–Crippen MR) is 38.4 cm³/mol. The van der Waals surface area contributed by atoms with Crippen LogP contribution in [0.3, 0.4) is 0 Å². The largest absolute Gasteiger partial charge is 0.453 e. The molecule has 0 aliphatic carbocycles. The summed E-state index contributed by atoms with van der Waals surface area (Å²) in [6.45, 7) is 1.56. The fraction of sp³-hybridized carbons (Fsp3) is 0.400. The van der Waals surface area contributed by atoms with Gasteiger partial charge in [-0.3, -0.25) is 4.79 Å². The molecular weight excluding hydrogens is 219 g/mol. The number of esters is 1. The first-order chi connectivity index (χ1) is 3.77. The first-order valence-electron chi connectivity index (χ1n) is 1.99. The van der Waals surface area contributed by atoms with Crippen molar-refractivity contribution in [1.29, 1.82) is 0 Å². The summed E-state index contributed by atoms with van der Waals surface area (Å²) < 4.78 is 7.03. The van der Waals surface area contributed by atoms with E-state index in [4.69, 9.17) is 0 Å². The minimum Gasteiger partial charge on any atom is -0.453 e. The van der Waals surface area contributed by atoms with Gasteiger partial charge in [-0.1, -0.05) is 5.92 Å². The lowest BCUT2D eigenvalue weighted by Gasteiger charge is -1.89. The van der Waals surface area contributed by atoms with Gasteiger partial charge < -0.3 is 4.74 Å². The first kappa shape index (κ1) is 7.76. The van der Waals surface area contributed by atoms with Crippen LogP contribution in [0.5, 0.6) is 0 Å². The molecule has 0 bridgehead atoms. The second-order valence-electron chi connectivity index (χ2n) is 1.05. The Morgan fingerprint density at radius 3 is 2.88 bits per heavy atom. The molecule has 0 aliphatic heterocycles. The zero-order valence-electron chi connectivity index (χ0n) is 4.40. The highest BCUT2D eigenvalue weighted by Crippen LogP contribution is 1.75. The van der Waals surface area contributed by atoms with E-state index in [9.17, 15) is 4.79 Å². The monoisotopic (exact) mass is 224 g/mol. The smallest absolute Gasteiger partial charge is 0.303 e. The molecule has 0 amide bonds. The van der Waals surface area contributed by atoms with Crippen LogP contribution in [0.4, 0.5) is 0 Å². The molecule has 0 spiro atoms. The second kappa shape index (κ2) is 4.91. The van der Waals surface area contributed by atoms with Crippen LogP contribution < -0.4 is 0 Å². The minimum atomic E-state index is -0.288. The third kappa shape index (κ3) is 5.76. The molecular formula is C5H5IO2. The Balaban J connectivity index is 3.14. The Bertz CT molecular complexity index is 131. The van der Waals surface area contributed by atoms with Gasteiger partial charge >= 0.3 is 5.97 Å². The Morgan fingerprint density at radius 1 is 1.88 bits per heavy atom. The molecule has 0 aliphatic rings. The van der Waals surface area contributed by atoms with Gasteiger partial charge in [0.25, 0.3) is 0 Å². The van der Waals surface area contributed by atoms with Crippen LogP contribution in [0.1, 0.15) is 6.92 Å². The van der Waals surface area contributed by atoms with Gasteiger partial charge in [0.2, 0.25) is 0 Å². The highest BCUT2D eigenvalue weighted by Gasteiger charge is 1.84. The maximum absolute atomic E-state index is 10.0. The summed E-state index contributed by atoms with van der Waals surface area (Å²) in [5.74, 6) is 2.29. The molecule has 0 radical (unpaired) electrons. The summed E-state index contributed by atoms with van der Waals surface area (Å²) in [5.41, 5.74) is 0. The van der Waals surface area contributed by atoms with E-state index in [1.807, 2.05) is 22.6 Å². The quantitative estimate of drug-likeness (QED) is 0.376. The molecule has 0 saturated carbocycles. The lowest BCUT2D eigenvalue weighted by Crippen LogP contribution is -1.97. The Morgan fingerprint density at radius 2 is 2.50 bits per heavy atom. The molecule has 0 atom stereocenters. The third-order valence-electron chi connectivity index (χ3n) is 0.414. The summed E-state index contributed by atoms with van der Waals surface area (Å²) >= 11 is 1.88. The van der Waals surface area contributed by atoms with E-state index in [0.717, 1.165) is 0 Å². The van der Waals surface area contributed by atoms with Gasteiger partial charge in [0, 0.05) is 29.5 Å². The summed E-state index contributed by atoms with van der Waals surface area (Å²) in [6.07, 6.45) is 0. The van der Waals surface area contributed by atoms with Gasteiger partial charge in [0.1, 0.15) is 0 Å². The first-order valence-corrected chi connectivity index (χ1v) is 3.07. The van der Waals surface area contributed by atoms with Crippen molar-refractivity contribution in [2.75, 3.05) is 6.61 Å². The molecule has 44 valence electrons. The summed E-state index contributed by atoms with van der Waals surface area (Å²) in [7, 11) is 0. The van der Waals surface area contributed by atoms with Crippen LogP contribution in [0.15, 0.2) is 0 Å². The summed E-state index contributed by atoms with van der Waals surface area (Å²) in [4.78, 5) is 10.0. The van der Waals surface area contributed by atoms with E-state index in [1.54, 1.807) is 0 Å². The highest BCUT2D eigenvalue weighted by atomic mass is 127. The molecule has 0 aromatic carbocycles. The molecule has 0 unspecified atom stereocenters. The number of rotatable bonds is 1. The normalized spacial score (nSPS) is 6.75. The molecule has 0 aromatic heterocycles. The van der Waals surface area contributed by atoms with Crippen molar-refractivity contribution >= 4 is 28.6 Å². The van der Waals surface area contributed by atoms with Crippen molar-refractivity contribution in [2.24, 2.45) is 0 Å². The van der Waals surface area contributed by atoms with Crippen LogP contribution in [0.2, 0.25) is 0 Å². The van der Waals surface area contributed by atoms with Crippen LogP contribution in [-0.2, 0) is 9.53 Å². The fourth-order valence-electron chi connectivity index (χ4n) is 0.165. The molecule has 0 rings (SSSR count). The minimum absolute atomic E-state index is 0.207. The van der Waals surface area contributed by atoms with E-state index in [0.29, 0.717) is 0 Å².